The summed E-state index contributed by atoms with van der Waals surface area (Å²) in [6.07, 6.45) is 6.79. The van der Waals surface area contributed by atoms with E-state index in [4.69, 9.17) is 30.3 Å². The summed E-state index contributed by atoms with van der Waals surface area (Å²) in [4.78, 5) is 31.9. The highest BCUT2D eigenvalue weighted by Crippen LogP contribution is 2.53. The molecule has 1 aliphatic heterocycles. The highest BCUT2D eigenvalue weighted by Gasteiger charge is 2.60. The van der Waals surface area contributed by atoms with Crippen molar-refractivity contribution in [2.45, 2.75) is 50.2 Å². The normalized spacial score (nSPS) is 23.8. The monoisotopic (exact) mass is 533 g/mol. The van der Waals surface area contributed by atoms with Gasteiger partial charge in [0, 0.05) is 29.7 Å². The van der Waals surface area contributed by atoms with Crippen molar-refractivity contribution in [3.63, 3.8) is 0 Å². The van der Waals surface area contributed by atoms with Crippen molar-refractivity contribution >= 4 is 34.9 Å². The molecule has 0 saturated heterocycles. The Kier molecular flexibility index (Phi) is 6.67. The summed E-state index contributed by atoms with van der Waals surface area (Å²) in [7, 11) is 2.90. The summed E-state index contributed by atoms with van der Waals surface area (Å²) in [5.74, 6) is 1.78. The van der Waals surface area contributed by atoms with Crippen LogP contribution >= 0.6 is 23.4 Å². The third-order valence-corrected chi connectivity index (χ3v) is 7.98. The number of benzene rings is 1. The summed E-state index contributed by atoms with van der Waals surface area (Å²) >= 11 is 8.18. The number of hydrogen-bond acceptors (Lipinski definition) is 10. The van der Waals surface area contributed by atoms with Crippen LogP contribution in [0.3, 0.4) is 0 Å². The molecular weight excluding hydrogens is 506 g/mol. The van der Waals surface area contributed by atoms with E-state index in [1.807, 2.05) is 13.2 Å². The Hall–Kier alpha value is -2.72. The molecule has 3 aliphatic rings. The van der Waals surface area contributed by atoms with Crippen LogP contribution in [0.15, 0.2) is 22.4 Å². The molecule has 0 bridgehead atoms. The van der Waals surface area contributed by atoms with Gasteiger partial charge in [-0.25, -0.2) is 0 Å². The van der Waals surface area contributed by atoms with Crippen molar-refractivity contribution < 1.29 is 28.3 Å². The van der Waals surface area contributed by atoms with E-state index < -0.39 is 23.1 Å². The van der Waals surface area contributed by atoms with Crippen LogP contribution < -0.4 is 19.5 Å². The number of methoxy groups -OCH3 is 2. The molecule has 0 unspecified atom stereocenters. The summed E-state index contributed by atoms with van der Waals surface area (Å²) in [5.41, 5.74) is -0.863. The Morgan fingerprint density at radius 1 is 1.28 bits per heavy atom. The number of rotatable bonds is 9. The van der Waals surface area contributed by atoms with Crippen LogP contribution in [-0.4, -0.2) is 53.5 Å². The predicted molar refractivity (Wildman–Crippen MR) is 134 cm³/mol. The molecule has 1 aromatic heterocycles. The molecule has 36 heavy (non-hydrogen) atoms. The van der Waals surface area contributed by atoms with Crippen LogP contribution in [0.25, 0.3) is 0 Å². The van der Waals surface area contributed by atoms with Gasteiger partial charge in [0.25, 0.3) is 0 Å². The minimum Gasteiger partial charge on any atom is -0.496 e. The number of Topliss-reactive ketones (excluding diaryl/α,β-unsaturated/α-hetero) is 1. The lowest BCUT2D eigenvalue weighted by Crippen LogP contribution is -2.55. The first-order valence-electron chi connectivity index (χ1n) is 11.9. The Bertz CT molecular complexity index is 1240. The molecule has 2 heterocycles. The molecule has 5 rings (SSSR count). The topological polar surface area (TPSA) is 113 Å². The molecule has 1 N–H and O–H groups in total. The van der Waals surface area contributed by atoms with E-state index in [1.165, 1.54) is 26.4 Å². The van der Waals surface area contributed by atoms with Gasteiger partial charge in [-0.15, -0.1) is 0 Å². The molecule has 2 aromatic rings. The lowest BCUT2D eigenvalue weighted by molar-refractivity contribution is -0.129. The van der Waals surface area contributed by atoms with Crippen molar-refractivity contribution in [2.75, 3.05) is 26.2 Å². The molecule has 1 aromatic carbocycles. The van der Waals surface area contributed by atoms with Crippen LogP contribution in [0.4, 0.5) is 0 Å². The van der Waals surface area contributed by atoms with Crippen molar-refractivity contribution in [2.24, 2.45) is 5.92 Å². The van der Waals surface area contributed by atoms with E-state index in [2.05, 4.69) is 15.5 Å². The number of carbonyl (C=O) groups is 2. The summed E-state index contributed by atoms with van der Waals surface area (Å²) in [5, 5.41) is 7.70. The standard InChI is InChI=1S/C25H28ClN3O6S/c1-12-9-14(27-15(7-8-36-4)24-28-23(29-35-24)13-5-6-13)10-18(30)25(12)22(31)19-16(32-2)11-17(33-3)20(26)21(19)34-25/h10-13,15,27H,5-9H2,1-4H3/t12-,15+,25+/m1/s1. The molecule has 0 radical (unpaired) electrons. The summed E-state index contributed by atoms with van der Waals surface area (Å²) in [6, 6.07) is 1.28. The quantitative estimate of drug-likeness (QED) is 0.462. The first-order valence-corrected chi connectivity index (χ1v) is 13.6. The zero-order valence-corrected chi connectivity index (χ0v) is 22.1. The first-order chi connectivity index (χ1) is 17.3. The lowest BCUT2D eigenvalue weighted by Gasteiger charge is -2.35. The van der Waals surface area contributed by atoms with Gasteiger partial charge >= 0.3 is 0 Å². The molecule has 3 atom stereocenters. The minimum absolute atomic E-state index is 0.110. The molecule has 1 fully saturated rings. The number of allylic oxidation sites excluding steroid dienone is 1. The fourth-order valence-corrected chi connectivity index (χ4v) is 5.58. The van der Waals surface area contributed by atoms with Gasteiger partial charge in [0.05, 0.1) is 14.2 Å². The molecule has 2 aliphatic carbocycles. The maximum Gasteiger partial charge on any atom is 0.249 e. The molecular formula is C25H28ClN3O6S. The van der Waals surface area contributed by atoms with E-state index in [-0.39, 0.29) is 28.1 Å². The average molecular weight is 534 g/mol. The summed E-state index contributed by atoms with van der Waals surface area (Å²) in [6.45, 7) is 1.82. The van der Waals surface area contributed by atoms with Crippen LogP contribution in [-0.2, 0) is 4.79 Å². The zero-order valence-electron chi connectivity index (χ0n) is 20.6. The third-order valence-electron chi connectivity index (χ3n) is 6.98. The summed E-state index contributed by atoms with van der Waals surface area (Å²) < 4.78 is 22.4. The van der Waals surface area contributed by atoms with Crippen LogP contribution in [0, 0.1) is 5.92 Å². The second kappa shape index (κ2) is 9.63. The van der Waals surface area contributed by atoms with Crippen molar-refractivity contribution in [3.8, 4) is 17.2 Å². The van der Waals surface area contributed by atoms with E-state index in [9.17, 15) is 9.59 Å². The third kappa shape index (κ3) is 4.04. The van der Waals surface area contributed by atoms with Crippen LogP contribution in [0.5, 0.6) is 17.2 Å². The van der Waals surface area contributed by atoms with E-state index in [0.29, 0.717) is 29.7 Å². The van der Waals surface area contributed by atoms with Gasteiger partial charge < -0.3 is 24.1 Å². The van der Waals surface area contributed by atoms with Gasteiger partial charge in [0.15, 0.2) is 11.6 Å². The number of ketones is 2. The second-order valence-corrected chi connectivity index (χ2v) is 10.7. The predicted octanol–water partition coefficient (Wildman–Crippen LogP) is 4.51. The largest absolute Gasteiger partial charge is 0.496 e. The number of halogens is 1. The number of ether oxygens (including phenoxy) is 3. The van der Waals surface area contributed by atoms with Crippen molar-refractivity contribution in [3.05, 3.63) is 40.1 Å². The lowest BCUT2D eigenvalue weighted by atomic mass is 9.74. The number of aromatic nitrogens is 2. The van der Waals surface area contributed by atoms with E-state index in [1.54, 1.807) is 11.8 Å². The average Bonchev–Trinajstić information content (AvgIpc) is 3.51. The Morgan fingerprint density at radius 3 is 2.67 bits per heavy atom. The number of fused-ring (bicyclic) bond motifs is 1. The maximum absolute atomic E-state index is 13.7. The highest BCUT2D eigenvalue weighted by atomic mass is 35.5. The van der Waals surface area contributed by atoms with Gasteiger partial charge in [0.1, 0.15) is 28.1 Å². The molecule has 1 spiro atoms. The number of thioether (sulfide) groups is 1. The first kappa shape index (κ1) is 25.0. The van der Waals surface area contributed by atoms with Gasteiger partial charge in [-0.1, -0.05) is 23.7 Å². The number of nitrogens with zero attached hydrogens (tertiary/aromatic N) is 2. The van der Waals surface area contributed by atoms with Crippen molar-refractivity contribution in [1.82, 2.24) is 15.5 Å². The number of hydrogen-bond donors (Lipinski definition) is 1. The Morgan fingerprint density at radius 2 is 2.03 bits per heavy atom. The molecule has 1 saturated carbocycles. The van der Waals surface area contributed by atoms with Gasteiger partial charge in [0.2, 0.25) is 23.1 Å². The van der Waals surface area contributed by atoms with Gasteiger partial charge in [-0.2, -0.15) is 16.7 Å². The minimum atomic E-state index is -1.71. The van der Waals surface area contributed by atoms with E-state index in [0.717, 1.165) is 30.8 Å². The van der Waals surface area contributed by atoms with Crippen LogP contribution in [0.2, 0.25) is 5.02 Å². The van der Waals surface area contributed by atoms with Crippen molar-refractivity contribution in [1.29, 1.82) is 0 Å². The maximum atomic E-state index is 13.7. The van der Waals surface area contributed by atoms with Crippen LogP contribution in [0.1, 0.15) is 66.6 Å². The van der Waals surface area contributed by atoms with E-state index >= 15 is 0 Å². The number of carbonyl (C=O) groups excluding carboxylic acids is 2. The van der Waals surface area contributed by atoms with Gasteiger partial charge in [-0.05, 0) is 37.7 Å². The second-order valence-electron chi connectivity index (χ2n) is 9.35. The Labute approximate surface area is 218 Å². The molecule has 192 valence electrons. The molecule has 11 heteroatoms. The fourth-order valence-electron chi connectivity index (χ4n) is 4.84. The zero-order chi connectivity index (χ0) is 25.6. The highest BCUT2D eigenvalue weighted by molar-refractivity contribution is 7.98. The van der Waals surface area contributed by atoms with Gasteiger partial charge in [-0.3, -0.25) is 9.59 Å². The molecule has 0 amide bonds. The fraction of sp³-hybridized carbons (Fsp3) is 0.520. The number of nitrogens with one attached hydrogen (secondary N) is 1. The molecule has 9 nitrogen and oxygen atoms in total. The smallest absolute Gasteiger partial charge is 0.249 e. The SMILES string of the molecule is COc1cc(OC)c2c(c1Cl)O[C@@]1(C(=O)C=C(N[C@@H](CCSC)c3nc(C4CC4)no3)C[C@H]1C)C2=O. The Balaban J connectivity index is 1.43.